The van der Waals surface area contributed by atoms with E-state index in [0.717, 1.165) is 37.9 Å². The number of para-hydroxylation sites is 1. The van der Waals surface area contributed by atoms with Gasteiger partial charge in [-0.1, -0.05) is 36.4 Å². The molecule has 186 valence electrons. The summed E-state index contributed by atoms with van der Waals surface area (Å²) in [4.78, 5) is 17.5. The van der Waals surface area contributed by atoms with Crippen LogP contribution in [0.5, 0.6) is 0 Å². The molecule has 1 aliphatic rings. The van der Waals surface area contributed by atoms with E-state index >= 15 is 0 Å². The lowest BCUT2D eigenvalue weighted by Crippen LogP contribution is -2.30. The third-order valence-electron chi connectivity index (χ3n) is 7.71. The SMILES string of the molecule is Cc1c[nH]c(CN(CCc2cn(C)c3ccccc23)C2CCc3cc(C=CC(=O)NO)ccc32)c1C. The quantitative estimate of drug-likeness (QED) is 0.179. The van der Waals surface area contributed by atoms with Crippen molar-refractivity contribution in [3.8, 4) is 0 Å². The fraction of sp³-hybridized carbons (Fsp3) is 0.300. The second-order valence-electron chi connectivity index (χ2n) is 9.90. The standard InChI is InChI=1S/C30H34N4O2/c1-20-17-31-27(21(20)2)19-34(15-14-24-18-33(3)28-7-5-4-6-25(24)28)29-12-10-23-16-22(8-11-26(23)29)9-13-30(35)32-36/h4-9,11,13,16-18,29,31,36H,10,12,14-15,19H2,1-3H3,(H,32,35). The number of rotatable bonds is 8. The zero-order chi connectivity index (χ0) is 25.2. The van der Waals surface area contributed by atoms with E-state index in [0.29, 0.717) is 6.04 Å². The minimum Gasteiger partial charge on any atom is -0.363 e. The van der Waals surface area contributed by atoms with Gasteiger partial charge in [0.05, 0.1) is 0 Å². The van der Waals surface area contributed by atoms with E-state index < -0.39 is 5.91 Å². The van der Waals surface area contributed by atoms with Crippen LogP contribution in [0.3, 0.4) is 0 Å². The van der Waals surface area contributed by atoms with E-state index in [1.165, 1.54) is 50.5 Å². The summed E-state index contributed by atoms with van der Waals surface area (Å²) in [6.45, 7) is 6.21. The van der Waals surface area contributed by atoms with Crippen LogP contribution in [0.4, 0.5) is 0 Å². The molecule has 0 fully saturated rings. The highest BCUT2D eigenvalue weighted by Crippen LogP contribution is 2.38. The highest BCUT2D eigenvalue weighted by molar-refractivity contribution is 5.90. The summed E-state index contributed by atoms with van der Waals surface area (Å²) in [5, 5.41) is 10.1. The van der Waals surface area contributed by atoms with Gasteiger partial charge in [-0.05, 0) is 78.6 Å². The first kappa shape index (κ1) is 24.1. The number of aryl methyl sites for hydroxylation is 3. The maximum atomic E-state index is 11.4. The molecule has 1 aliphatic carbocycles. The molecule has 36 heavy (non-hydrogen) atoms. The number of aromatic nitrogens is 2. The van der Waals surface area contributed by atoms with Crippen LogP contribution in [0, 0.1) is 13.8 Å². The van der Waals surface area contributed by atoms with E-state index in [2.05, 4.69) is 90.2 Å². The number of aromatic amines is 1. The Balaban J connectivity index is 1.42. The number of nitrogens with zero attached hydrogens (tertiary/aromatic N) is 2. The predicted molar refractivity (Wildman–Crippen MR) is 144 cm³/mol. The van der Waals surface area contributed by atoms with Crippen molar-refractivity contribution in [3.05, 3.63) is 100 Å². The summed E-state index contributed by atoms with van der Waals surface area (Å²) in [5.41, 5.74) is 11.9. The molecule has 2 aromatic carbocycles. The maximum Gasteiger partial charge on any atom is 0.267 e. The van der Waals surface area contributed by atoms with Crippen LogP contribution in [0.25, 0.3) is 17.0 Å². The third-order valence-corrected chi connectivity index (χ3v) is 7.71. The minimum atomic E-state index is -0.524. The molecule has 2 aromatic heterocycles. The van der Waals surface area contributed by atoms with Crippen molar-refractivity contribution in [1.82, 2.24) is 19.9 Å². The topological polar surface area (TPSA) is 73.3 Å². The molecule has 3 N–H and O–H groups in total. The average molecular weight is 483 g/mol. The van der Waals surface area contributed by atoms with E-state index in [-0.39, 0.29) is 0 Å². The summed E-state index contributed by atoms with van der Waals surface area (Å²) in [7, 11) is 2.12. The number of hydrogen-bond acceptors (Lipinski definition) is 3. The molecule has 2 heterocycles. The number of amides is 1. The highest BCUT2D eigenvalue weighted by atomic mass is 16.5. The van der Waals surface area contributed by atoms with Gasteiger partial charge in [-0.25, -0.2) is 5.48 Å². The lowest BCUT2D eigenvalue weighted by Gasteiger charge is -2.30. The van der Waals surface area contributed by atoms with Crippen molar-refractivity contribution in [2.24, 2.45) is 7.05 Å². The number of carbonyl (C=O) groups excluding carboxylic acids is 1. The Bertz CT molecular complexity index is 1430. The van der Waals surface area contributed by atoms with Crippen LogP contribution in [0.1, 0.15) is 51.5 Å². The van der Waals surface area contributed by atoms with Crippen molar-refractivity contribution in [2.75, 3.05) is 6.54 Å². The van der Waals surface area contributed by atoms with Crippen molar-refractivity contribution < 1.29 is 10.0 Å². The van der Waals surface area contributed by atoms with Gasteiger partial charge in [0.2, 0.25) is 0 Å². The van der Waals surface area contributed by atoms with Crippen LogP contribution in [0.15, 0.2) is 60.9 Å². The first-order valence-corrected chi connectivity index (χ1v) is 12.6. The number of nitrogens with one attached hydrogen (secondary N) is 2. The molecular formula is C30H34N4O2. The first-order valence-electron chi connectivity index (χ1n) is 12.6. The number of fused-ring (bicyclic) bond motifs is 2. The fourth-order valence-electron chi connectivity index (χ4n) is 5.56. The second-order valence-corrected chi connectivity index (χ2v) is 9.90. The van der Waals surface area contributed by atoms with Crippen molar-refractivity contribution in [2.45, 2.75) is 45.7 Å². The molecule has 5 rings (SSSR count). The van der Waals surface area contributed by atoms with Crippen molar-refractivity contribution in [1.29, 1.82) is 0 Å². The van der Waals surface area contributed by atoms with Gasteiger partial charge in [0.15, 0.2) is 0 Å². The smallest absolute Gasteiger partial charge is 0.267 e. The average Bonchev–Trinajstić information content (AvgIpc) is 3.56. The molecule has 1 amide bonds. The molecule has 1 atom stereocenters. The summed E-state index contributed by atoms with van der Waals surface area (Å²) in [5.74, 6) is -0.524. The summed E-state index contributed by atoms with van der Waals surface area (Å²) in [6, 6.07) is 15.4. The predicted octanol–water partition coefficient (Wildman–Crippen LogP) is 5.37. The zero-order valence-electron chi connectivity index (χ0n) is 21.2. The first-order chi connectivity index (χ1) is 17.4. The fourth-order valence-corrected chi connectivity index (χ4v) is 5.56. The number of hydroxylamine groups is 1. The Morgan fingerprint density at radius 1 is 1.25 bits per heavy atom. The molecule has 6 heteroatoms. The maximum absolute atomic E-state index is 11.4. The molecule has 0 spiro atoms. The van der Waals surface area contributed by atoms with E-state index in [1.54, 1.807) is 11.6 Å². The van der Waals surface area contributed by atoms with Gasteiger partial charge in [-0.15, -0.1) is 0 Å². The Morgan fingerprint density at radius 3 is 2.86 bits per heavy atom. The highest BCUT2D eigenvalue weighted by Gasteiger charge is 2.29. The Hall–Kier alpha value is -3.61. The zero-order valence-corrected chi connectivity index (χ0v) is 21.2. The molecule has 0 saturated heterocycles. The molecule has 0 saturated carbocycles. The lowest BCUT2D eigenvalue weighted by molar-refractivity contribution is -0.124. The summed E-state index contributed by atoms with van der Waals surface area (Å²) < 4.78 is 2.23. The van der Waals surface area contributed by atoms with Gasteiger partial charge in [0.1, 0.15) is 0 Å². The summed E-state index contributed by atoms with van der Waals surface area (Å²) in [6.07, 6.45) is 10.6. The molecule has 4 aromatic rings. The number of H-pyrrole nitrogens is 1. The third kappa shape index (κ3) is 4.74. The number of carbonyl (C=O) groups is 1. The second kappa shape index (κ2) is 10.2. The number of hydrogen-bond donors (Lipinski definition) is 3. The summed E-state index contributed by atoms with van der Waals surface area (Å²) >= 11 is 0. The van der Waals surface area contributed by atoms with Crippen LogP contribution in [0.2, 0.25) is 0 Å². The Kier molecular flexibility index (Phi) is 6.81. The molecule has 6 nitrogen and oxygen atoms in total. The monoisotopic (exact) mass is 482 g/mol. The van der Waals surface area contributed by atoms with Crippen molar-refractivity contribution in [3.63, 3.8) is 0 Å². The normalized spacial score (nSPS) is 15.3. The molecule has 0 aliphatic heterocycles. The van der Waals surface area contributed by atoms with Crippen LogP contribution in [-0.4, -0.2) is 32.1 Å². The van der Waals surface area contributed by atoms with Gasteiger partial charge in [0, 0.05) is 61.2 Å². The molecular weight excluding hydrogens is 448 g/mol. The van der Waals surface area contributed by atoms with Crippen LogP contribution < -0.4 is 5.48 Å². The van der Waals surface area contributed by atoms with Gasteiger partial charge in [0.25, 0.3) is 5.91 Å². The van der Waals surface area contributed by atoms with Crippen LogP contribution in [-0.2, 0) is 31.2 Å². The molecule has 0 bridgehead atoms. The van der Waals surface area contributed by atoms with Gasteiger partial charge in [-0.2, -0.15) is 0 Å². The Morgan fingerprint density at radius 2 is 2.08 bits per heavy atom. The molecule has 1 unspecified atom stereocenters. The molecule has 0 radical (unpaired) electrons. The van der Waals surface area contributed by atoms with Crippen molar-refractivity contribution >= 4 is 22.9 Å². The van der Waals surface area contributed by atoms with E-state index in [9.17, 15) is 4.79 Å². The number of benzene rings is 2. The van der Waals surface area contributed by atoms with Gasteiger partial charge in [-0.3, -0.25) is 14.9 Å². The van der Waals surface area contributed by atoms with E-state index in [1.807, 2.05) is 0 Å². The van der Waals surface area contributed by atoms with Gasteiger partial charge < -0.3 is 9.55 Å². The Labute approximate surface area is 212 Å². The largest absolute Gasteiger partial charge is 0.363 e. The van der Waals surface area contributed by atoms with E-state index in [4.69, 9.17) is 5.21 Å². The lowest BCUT2D eigenvalue weighted by atomic mass is 10.0. The minimum absolute atomic E-state index is 0.344. The van der Waals surface area contributed by atoms with Gasteiger partial charge >= 0.3 is 0 Å². The van der Waals surface area contributed by atoms with Crippen LogP contribution >= 0.6 is 0 Å².